The van der Waals surface area contributed by atoms with E-state index < -0.39 is 0 Å². The highest BCUT2D eigenvalue weighted by molar-refractivity contribution is 7.09. The molecule has 0 saturated carbocycles. The zero-order valence-electron chi connectivity index (χ0n) is 16.7. The maximum atomic E-state index is 13.0. The molecule has 2 aromatic carbocycles. The van der Waals surface area contributed by atoms with Crippen molar-refractivity contribution >= 4 is 23.0 Å². The van der Waals surface area contributed by atoms with Gasteiger partial charge in [0.15, 0.2) is 12.4 Å². The molecule has 1 aromatic heterocycles. The molecule has 5 heteroatoms. The summed E-state index contributed by atoms with van der Waals surface area (Å²) in [6.07, 6.45) is 0.802. The molecule has 0 aliphatic carbocycles. The summed E-state index contributed by atoms with van der Waals surface area (Å²) in [7, 11) is 0. The normalized spacial score (nSPS) is 11.7. The van der Waals surface area contributed by atoms with Gasteiger partial charge >= 0.3 is 0 Å². The lowest BCUT2D eigenvalue weighted by molar-refractivity contribution is -0.136. The second kappa shape index (κ2) is 10.0. The first-order valence-electron chi connectivity index (χ1n) is 9.62. The Morgan fingerprint density at radius 3 is 2.52 bits per heavy atom. The summed E-state index contributed by atoms with van der Waals surface area (Å²) >= 11 is 1.70. The number of ketones is 1. The standard InChI is InChI=1S/C24H25NO3S/c1-18(14-23-12-7-13-29-23)25(16-20-8-4-3-5-9-20)24(27)17-28-22-11-6-10-21(15-22)19(2)26/h3-13,15,18H,14,16-17H2,1-2H3/t18-/m0/s1. The van der Waals surface area contributed by atoms with Crippen LogP contribution in [-0.2, 0) is 17.8 Å². The zero-order valence-corrected chi connectivity index (χ0v) is 17.5. The molecule has 29 heavy (non-hydrogen) atoms. The van der Waals surface area contributed by atoms with Crippen LogP contribution in [0.4, 0.5) is 0 Å². The van der Waals surface area contributed by atoms with Crippen molar-refractivity contribution in [1.82, 2.24) is 4.90 Å². The van der Waals surface area contributed by atoms with E-state index in [1.54, 1.807) is 35.6 Å². The summed E-state index contributed by atoms with van der Waals surface area (Å²) in [5, 5.41) is 2.05. The lowest BCUT2D eigenvalue weighted by atomic mass is 10.1. The quantitative estimate of drug-likeness (QED) is 0.470. The van der Waals surface area contributed by atoms with E-state index in [9.17, 15) is 9.59 Å². The molecular weight excluding hydrogens is 382 g/mol. The summed E-state index contributed by atoms with van der Waals surface area (Å²) in [6.45, 7) is 4.04. The summed E-state index contributed by atoms with van der Waals surface area (Å²) in [6, 6.07) is 21.1. The van der Waals surface area contributed by atoms with Crippen LogP contribution < -0.4 is 4.74 Å². The monoisotopic (exact) mass is 407 g/mol. The molecule has 0 saturated heterocycles. The van der Waals surface area contributed by atoms with E-state index in [-0.39, 0.29) is 24.3 Å². The van der Waals surface area contributed by atoms with Gasteiger partial charge in [0.25, 0.3) is 5.91 Å². The van der Waals surface area contributed by atoms with Gasteiger partial charge in [0, 0.05) is 29.4 Å². The average Bonchev–Trinajstić information content (AvgIpc) is 3.24. The highest BCUT2D eigenvalue weighted by atomic mass is 32.1. The number of nitrogens with zero attached hydrogens (tertiary/aromatic N) is 1. The number of rotatable bonds is 9. The van der Waals surface area contributed by atoms with Crippen molar-refractivity contribution in [2.75, 3.05) is 6.61 Å². The SMILES string of the molecule is CC(=O)c1cccc(OCC(=O)N(Cc2ccccc2)[C@@H](C)Cc2cccs2)c1. The second-order valence-corrected chi connectivity index (χ2v) is 8.04. The van der Waals surface area contributed by atoms with Crippen LogP contribution in [0.1, 0.15) is 34.6 Å². The van der Waals surface area contributed by atoms with Crippen molar-refractivity contribution in [2.45, 2.75) is 32.9 Å². The van der Waals surface area contributed by atoms with Crippen molar-refractivity contribution in [2.24, 2.45) is 0 Å². The van der Waals surface area contributed by atoms with Gasteiger partial charge < -0.3 is 9.64 Å². The Labute approximate surface area is 175 Å². The van der Waals surface area contributed by atoms with Crippen molar-refractivity contribution in [3.63, 3.8) is 0 Å². The fourth-order valence-corrected chi connectivity index (χ4v) is 3.96. The van der Waals surface area contributed by atoms with E-state index >= 15 is 0 Å². The van der Waals surface area contributed by atoms with Crippen molar-refractivity contribution in [3.8, 4) is 5.75 Å². The van der Waals surface area contributed by atoms with Gasteiger partial charge in [-0.2, -0.15) is 0 Å². The lowest BCUT2D eigenvalue weighted by Gasteiger charge is -2.29. The van der Waals surface area contributed by atoms with Gasteiger partial charge in [-0.1, -0.05) is 48.5 Å². The third-order valence-corrected chi connectivity index (χ3v) is 5.63. The van der Waals surface area contributed by atoms with Gasteiger partial charge in [-0.25, -0.2) is 0 Å². The highest BCUT2D eigenvalue weighted by Gasteiger charge is 2.22. The van der Waals surface area contributed by atoms with Crippen LogP contribution in [0.5, 0.6) is 5.75 Å². The van der Waals surface area contributed by atoms with E-state index in [0.717, 1.165) is 12.0 Å². The van der Waals surface area contributed by atoms with Crippen LogP contribution in [0.15, 0.2) is 72.1 Å². The van der Waals surface area contributed by atoms with Crippen LogP contribution in [0.25, 0.3) is 0 Å². The summed E-state index contributed by atoms with van der Waals surface area (Å²) < 4.78 is 5.72. The van der Waals surface area contributed by atoms with E-state index in [4.69, 9.17) is 4.74 Å². The van der Waals surface area contributed by atoms with Gasteiger partial charge in [-0.15, -0.1) is 11.3 Å². The van der Waals surface area contributed by atoms with Gasteiger partial charge in [-0.05, 0) is 43.0 Å². The Morgan fingerprint density at radius 1 is 1.03 bits per heavy atom. The minimum absolute atomic E-state index is 0.0305. The third kappa shape index (κ3) is 6.03. The van der Waals surface area contributed by atoms with Crippen molar-refractivity contribution in [3.05, 3.63) is 88.1 Å². The molecule has 1 amide bonds. The molecule has 0 aliphatic rings. The van der Waals surface area contributed by atoms with Crippen LogP contribution in [0.2, 0.25) is 0 Å². The zero-order chi connectivity index (χ0) is 20.6. The molecule has 0 bridgehead atoms. The molecule has 3 aromatic rings. The van der Waals surface area contributed by atoms with Crippen molar-refractivity contribution < 1.29 is 14.3 Å². The lowest BCUT2D eigenvalue weighted by Crippen LogP contribution is -2.41. The van der Waals surface area contributed by atoms with E-state index in [2.05, 4.69) is 18.4 Å². The number of amides is 1. The predicted molar refractivity (Wildman–Crippen MR) is 116 cm³/mol. The molecule has 4 nitrogen and oxygen atoms in total. The Balaban J connectivity index is 1.71. The number of hydrogen-bond acceptors (Lipinski definition) is 4. The Bertz CT molecular complexity index is 938. The first kappa shape index (κ1) is 20.8. The van der Waals surface area contributed by atoms with Crippen LogP contribution in [-0.4, -0.2) is 29.2 Å². The minimum atomic E-state index is -0.0777. The van der Waals surface area contributed by atoms with E-state index in [1.165, 1.54) is 11.8 Å². The highest BCUT2D eigenvalue weighted by Crippen LogP contribution is 2.18. The molecule has 1 heterocycles. The molecule has 3 rings (SSSR count). The number of thiophene rings is 1. The van der Waals surface area contributed by atoms with Gasteiger partial charge in [-0.3, -0.25) is 9.59 Å². The molecule has 150 valence electrons. The molecular formula is C24H25NO3S. The Morgan fingerprint density at radius 2 is 1.83 bits per heavy atom. The van der Waals surface area contributed by atoms with Crippen molar-refractivity contribution in [1.29, 1.82) is 0 Å². The predicted octanol–water partition coefficient (Wildman–Crippen LogP) is 4.99. The number of Topliss-reactive ketones (excluding diaryl/α,β-unsaturated/α-hetero) is 1. The first-order chi connectivity index (χ1) is 14.0. The molecule has 0 aliphatic heterocycles. The first-order valence-corrected chi connectivity index (χ1v) is 10.5. The largest absolute Gasteiger partial charge is 0.484 e. The molecule has 0 spiro atoms. The van der Waals surface area contributed by atoms with Gasteiger partial charge in [0.05, 0.1) is 0 Å². The van der Waals surface area contributed by atoms with Gasteiger partial charge in [0.1, 0.15) is 5.75 Å². The number of carbonyl (C=O) groups excluding carboxylic acids is 2. The minimum Gasteiger partial charge on any atom is -0.484 e. The third-order valence-electron chi connectivity index (χ3n) is 4.73. The molecule has 0 fully saturated rings. The van der Waals surface area contributed by atoms with E-state index in [0.29, 0.717) is 17.9 Å². The molecule has 0 radical (unpaired) electrons. The Hall–Kier alpha value is -2.92. The fourth-order valence-electron chi connectivity index (χ4n) is 3.13. The smallest absolute Gasteiger partial charge is 0.261 e. The summed E-state index contributed by atoms with van der Waals surface area (Å²) in [5.74, 6) is 0.416. The number of ether oxygens (including phenoxy) is 1. The fraction of sp³-hybridized carbons (Fsp3) is 0.250. The maximum absolute atomic E-state index is 13.0. The maximum Gasteiger partial charge on any atom is 0.261 e. The molecule has 0 unspecified atom stereocenters. The van der Waals surface area contributed by atoms with E-state index in [1.807, 2.05) is 41.3 Å². The average molecular weight is 408 g/mol. The molecule has 1 atom stereocenters. The Kier molecular flexibility index (Phi) is 7.19. The topological polar surface area (TPSA) is 46.6 Å². The van der Waals surface area contributed by atoms with Crippen LogP contribution in [0, 0.1) is 0 Å². The number of carbonyl (C=O) groups is 2. The number of benzene rings is 2. The molecule has 0 N–H and O–H groups in total. The van der Waals surface area contributed by atoms with Crippen LogP contribution >= 0.6 is 11.3 Å². The van der Waals surface area contributed by atoms with Gasteiger partial charge in [0.2, 0.25) is 0 Å². The second-order valence-electron chi connectivity index (χ2n) is 7.01. The number of hydrogen-bond donors (Lipinski definition) is 0. The summed E-state index contributed by atoms with van der Waals surface area (Å²) in [5.41, 5.74) is 1.65. The summed E-state index contributed by atoms with van der Waals surface area (Å²) in [4.78, 5) is 27.7. The van der Waals surface area contributed by atoms with Crippen LogP contribution in [0.3, 0.4) is 0 Å².